The Bertz CT molecular complexity index is 509. The molecule has 1 aliphatic rings. The number of fused-ring (bicyclic) bond motifs is 1. The molecule has 3 nitrogen and oxygen atoms in total. The summed E-state index contributed by atoms with van der Waals surface area (Å²) in [7, 11) is 0. The maximum Gasteiger partial charge on any atom is 0.226 e. The topological polar surface area (TPSA) is 41.1 Å². The molecule has 1 unspecified atom stereocenters. The quantitative estimate of drug-likeness (QED) is 0.799. The number of amides is 1. The zero-order valence-corrected chi connectivity index (χ0v) is 12.8. The van der Waals surface area contributed by atoms with Crippen LogP contribution in [0.25, 0.3) is 0 Å². The molecule has 0 aromatic heterocycles. The van der Waals surface area contributed by atoms with Crippen molar-refractivity contribution in [1.29, 1.82) is 0 Å². The third kappa shape index (κ3) is 3.77. The molecule has 1 aromatic carbocycles. The molecule has 1 amide bonds. The molecule has 5 heteroatoms. The summed E-state index contributed by atoms with van der Waals surface area (Å²) in [5.41, 5.74) is 1.67. The van der Waals surface area contributed by atoms with E-state index in [9.17, 15) is 4.79 Å². The molecular formula is C14H18Cl2N2O. The van der Waals surface area contributed by atoms with Crippen LogP contribution in [0.5, 0.6) is 0 Å². The summed E-state index contributed by atoms with van der Waals surface area (Å²) in [6.07, 6.45) is 1.35. The van der Waals surface area contributed by atoms with Crippen LogP contribution in [-0.4, -0.2) is 11.9 Å². The van der Waals surface area contributed by atoms with Gasteiger partial charge in [0.2, 0.25) is 5.91 Å². The van der Waals surface area contributed by atoms with Crippen LogP contribution in [-0.2, 0) is 4.79 Å². The minimum Gasteiger partial charge on any atom is -0.380 e. The molecular weight excluding hydrogens is 283 g/mol. The van der Waals surface area contributed by atoms with E-state index < -0.39 is 0 Å². The first kappa shape index (κ1) is 14.5. The fourth-order valence-electron chi connectivity index (χ4n) is 2.33. The largest absolute Gasteiger partial charge is 0.380 e. The highest BCUT2D eigenvalue weighted by Gasteiger charge is 2.25. The summed E-state index contributed by atoms with van der Waals surface area (Å²) in [6.45, 7) is 6.48. The molecule has 19 heavy (non-hydrogen) atoms. The van der Waals surface area contributed by atoms with Gasteiger partial charge in [0.05, 0.1) is 21.4 Å². The number of carbonyl (C=O) groups is 1. The zero-order valence-electron chi connectivity index (χ0n) is 11.3. The van der Waals surface area contributed by atoms with Crippen molar-refractivity contribution >= 4 is 40.5 Å². The number of hydrogen-bond donors (Lipinski definition) is 2. The lowest BCUT2D eigenvalue weighted by Crippen LogP contribution is -2.27. The Morgan fingerprint density at radius 2 is 1.79 bits per heavy atom. The fraction of sp³-hybridized carbons (Fsp3) is 0.500. The van der Waals surface area contributed by atoms with Crippen LogP contribution in [0.2, 0.25) is 10.0 Å². The van der Waals surface area contributed by atoms with E-state index in [0.717, 1.165) is 12.1 Å². The van der Waals surface area contributed by atoms with Crippen LogP contribution in [0.3, 0.4) is 0 Å². The van der Waals surface area contributed by atoms with Gasteiger partial charge in [-0.2, -0.15) is 0 Å². The molecule has 1 aromatic rings. The maximum atomic E-state index is 11.9. The molecule has 104 valence electrons. The van der Waals surface area contributed by atoms with Crippen LogP contribution < -0.4 is 10.6 Å². The van der Waals surface area contributed by atoms with Crippen molar-refractivity contribution in [2.24, 2.45) is 5.41 Å². The van der Waals surface area contributed by atoms with Gasteiger partial charge in [-0.05, 0) is 24.0 Å². The van der Waals surface area contributed by atoms with E-state index in [1.54, 1.807) is 12.1 Å². The first-order valence-corrected chi connectivity index (χ1v) is 7.05. The van der Waals surface area contributed by atoms with Gasteiger partial charge >= 0.3 is 0 Å². The maximum absolute atomic E-state index is 11.9. The number of halogens is 2. The van der Waals surface area contributed by atoms with Gasteiger partial charge in [0, 0.05) is 12.5 Å². The van der Waals surface area contributed by atoms with E-state index in [4.69, 9.17) is 23.2 Å². The number of hydrogen-bond acceptors (Lipinski definition) is 2. The molecule has 0 saturated carbocycles. The van der Waals surface area contributed by atoms with Gasteiger partial charge in [-0.1, -0.05) is 44.0 Å². The highest BCUT2D eigenvalue weighted by molar-refractivity contribution is 6.42. The van der Waals surface area contributed by atoms with Crippen LogP contribution in [0, 0.1) is 5.41 Å². The summed E-state index contributed by atoms with van der Waals surface area (Å²) >= 11 is 12.0. The Morgan fingerprint density at radius 3 is 2.37 bits per heavy atom. The molecule has 0 saturated heterocycles. The van der Waals surface area contributed by atoms with Crippen molar-refractivity contribution in [3.63, 3.8) is 0 Å². The van der Waals surface area contributed by atoms with Crippen molar-refractivity contribution in [2.75, 3.05) is 10.6 Å². The van der Waals surface area contributed by atoms with E-state index in [-0.39, 0.29) is 17.4 Å². The molecule has 1 aliphatic heterocycles. The minimum absolute atomic E-state index is 0.00103. The molecule has 0 fully saturated rings. The Hall–Kier alpha value is -0.930. The highest BCUT2D eigenvalue weighted by Crippen LogP contribution is 2.36. The second-order valence-electron chi connectivity index (χ2n) is 6.17. The van der Waals surface area contributed by atoms with Crippen LogP contribution in [0.4, 0.5) is 11.4 Å². The Morgan fingerprint density at radius 1 is 1.21 bits per heavy atom. The van der Waals surface area contributed by atoms with Crippen molar-refractivity contribution in [2.45, 2.75) is 39.7 Å². The van der Waals surface area contributed by atoms with Gasteiger partial charge in [-0.15, -0.1) is 0 Å². The summed E-state index contributed by atoms with van der Waals surface area (Å²) in [5.74, 6) is -0.00103. The lowest BCUT2D eigenvalue weighted by Gasteiger charge is -2.26. The fourth-order valence-corrected chi connectivity index (χ4v) is 2.66. The summed E-state index contributed by atoms with van der Waals surface area (Å²) in [5, 5.41) is 7.18. The third-order valence-corrected chi connectivity index (χ3v) is 3.71. The molecule has 2 rings (SSSR count). The van der Waals surface area contributed by atoms with Crippen molar-refractivity contribution in [1.82, 2.24) is 0 Å². The SMILES string of the molecule is CC(C)(C)CC1CC(=O)Nc2cc(Cl)c(Cl)cc2N1. The van der Waals surface area contributed by atoms with Gasteiger partial charge in [0.1, 0.15) is 0 Å². The molecule has 0 aliphatic carbocycles. The summed E-state index contributed by atoms with van der Waals surface area (Å²) in [4.78, 5) is 11.9. The first-order valence-electron chi connectivity index (χ1n) is 6.30. The van der Waals surface area contributed by atoms with Crippen molar-refractivity contribution in [3.8, 4) is 0 Å². The smallest absolute Gasteiger partial charge is 0.226 e. The van der Waals surface area contributed by atoms with E-state index in [2.05, 4.69) is 31.4 Å². The predicted molar refractivity (Wildman–Crippen MR) is 81.2 cm³/mol. The Kier molecular flexibility index (Phi) is 3.98. The Balaban J connectivity index is 2.30. The molecule has 1 heterocycles. The lowest BCUT2D eigenvalue weighted by atomic mass is 9.87. The van der Waals surface area contributed by atoms with Crippen molar-refractivity contribution in [3.05, 3.63) is 22.2 Å². The van der Waals surface area contributed by atoms with Gasteiger partial charge in [-0.3, -0.25) is 4.79 Å². The third-order valence-electron chi connectivity index (χ3n) is 2.98. The van der Waals surface area contributed by atoms with E-state index >= 15 is 0 Å². The molecule has 2 N–H and O–H groups in total. The molecule has 0 bridgehead atoms. The van der Waals surface area contributed by atoms with Gasteiger partial charge in [0.15, 0.2) is 0 Å². The number of rotatable bonds is 1. The van der Waals surface area contributed by atoms with Crippen LogP contribution in [0.1, 0.15) is 33.6 Å². The molecule has 0 radical (unpaired) electrons. The van der Waals surface area contributed by atoms with E-state index in [1.807, 2.05) is 0 Å². The second-order valence-corrected chi connectivity index (χ2v) is 6.98. The Labute approximate surface area is 123 Å². The number of benzene rings is 1. The minimum atomic E-state index is -0.00103. The highest BCUT2D eigenvalue weighted by atomic mass is 35.5. The first-order chi connectivity index (χ1) is 8.74. The normalized spacial score (nSPS) is 19.2. The molecule has 0 spiro atoms. The number of anilines is 2. The lowest BCUT2D eigenvalue weighted by molar-refractivity contribution is -0.116. The summed E-state index contributed by atoms with van der Waals surface area (Å²) in [6, 6.07) is 3.54. The second kappa shape index (κ2) is 5.22. The standard InChI is InChI=1S/C14H18Cl2N2O/c1-14(2,3)7-8-4-13(19)18-12-6-10(16)9(15)5-11(12)17-8/h5-6,8,17H,4,7H2,1-3H3,(H,18,19). The van der Waals surface area contributed by atoms with Gasteiger partial charge < -0.3 is 10.6 Å². The van der Waals surface area contributed by atoms with Gasteiger partial charge in [0.25, 0.3) is 0 Å². The number of carbonyl (C=O) groups excluding carboxylic acids is 1. The summed E-state index contributed by atoms with van der Waals surface area (Å²) < 4.78 is 0. The monoisotopic (exact) mass is 300 g/mol. The average molecular weight is 301 g/mol. The molecule has 1 atom stereocenters. The van der Waals surface area contributed by atoms with E-state index in [0.29, 0.717) is 22.2 Å². The zero-order chi connectivity index (χ0) is 14.2. The predicted octanol–water partition coefficient (Wildman–Crippen LogP) is 4.55. The number of nitrogens with one attached hydrogen (secondary N) is 2. The van der Waals surface area contributed by atoms with Crippen molar-refractivity contribution < 1.29 is 4.79 Å². The van der Waals surface area contributed by atoms with Gasteiger partial charge in [-0.25, -0.2) is 0 Å². The van der Waals surface area contributed by atoms with Crippen LogP contribution in [0.15, 0.2) is 12.1 Å². The van der Waals surface area contributed by atoms with Crippen LogP contribution >= 0.6 is 23.2 Å². The van der Waals surface area contributed by atoms with E-state index in [1.165, 1.54) is 0 Å². The average Bonchev–Trinajstić information content (AvgIpc) is 2.35.